The first-order chi connectivity index (χ1) is 53.8. The van der Waals surface area contributed by atoms with Crippen LogP contribution in [0.4, 0.5) is 35.1 Å². The molecule has 0 spiro atoms. The Labute approximate surface area is 659 Å². The maximum Gasteiger partial charge on any atom is 0.416 e. The predicted molar refractivity (Wildman–Crippen MR) is 409 cm³/mol. The lowest BCUT2D eigenvalue weighted by molar-refractivity contribution is -0.142. The van der Waals surface area contributed by atoms with Gasteiger partial charge in [0, 0.05) is 56.7 Å². The van der Waals surface area contributed by atoms with Crippen molar-refractivity contribution < 1.29 is 95.3 Å². The summed E-state index contributed by atoms with van der Waals surface area (Å²) in [6.07, 6.45) is 1.90. The number of halogens is 8. The zero-order chi connectivity index (χ0) is 82.4. The number of aliphatic hydroxyl groups is 1. The summed E-state index contributed by atoms with van der Waals surface area (Å²) in [5.41, 5.74) is -1.77. The van der Waals surface area contributed by atoms with Crippen LogP contribution in [0.5, 0.6) is 12.0 Å². The lowest BCUT2D eigenvalue weighted by Crippen LogP contribution is -2.47. The molecule has 31 heteroatoms. The van der Waals surface area contributed by atoms with Crippen molar-refractivity contribution in [3.05, 3.63) is 131 Å². The highest BCUT2D eigenvalue weighted by Crippen LogP contribution is 2.60. The van der Waals surface area contributed by atoms with Crippen LogP contribution in [0.15, 0.2) is 97.1 Å². The first-order valence-corrected chi connectivity index (χ1v) is 42.7. The van der Waals surface area contributed by atoms with Crippen LogP contribution in [-0.4, -0.2) is 140 Å². The molecule has 4 aromatic carbocycles. The molecule has 4 saturated carbocycles. The number of amides is 4. The van der Waals surface area contributed by atoms with E-state index in [0.717, 1.165) is 74.5 Å². The van der Waals surface area contributed by atoms with E-state index in [9.17, 15) is 80.7 Å². The van der Waals surface area contributed by atoms with Crippen LogP contribution in [0.2, 0.25) is 0 Å². The van der Waals surface area contributed by atoms with Gasteiger partial charge in [-0.15, -0.1) is 0 Å². The molecule has 7 fully saturated rings. The minimum absolute atomic E-state index is 0.0130. The summed E-state index contributed by atoms with van der Waals surface area (Å²) < 4.78 is 183. The molecular weight excluding hydrogens is 1530 g/mol. The molecule has 114 heavy (non-hydrogen) atoms. The van der Waals surface area contributed by atoms with Gasteiger partial charge in [0.2, 0.25) is 43.7 Å². The van der Waals surface area contributed by atoms with Gasteiger partial charge in [-0.3, -0.25) is 47.3 Å². The summed E-state index contributed by atoms with van der Waals surface area (Å²) in [5.74, 6) is -7.69. The molecule has 14 rings (SSSR count). The Bertz CT molecular complexity index is 4880. The number of Topliss-reactive ketones (excluding diaryl/α,β-unsaturated/α-hetero) is 2. The fourth-order valence-electron chi connectivity index (χ4n) is 17.2. The molecule has 4 aliphatic carbocycles. The highest BCUT2D eigenvalue weighted by molar-refractivity contribution is 7.92. The van der Waals surface area contributed by atoms with Gasteiger partial charge in [0.15, 0.2) is 11.6 Å². The number of aliphatic hydroxyl groups excluding tert-OH is 1. The van der Waals surface area contributed by atoms with Crippen molar-refractivity contribution in [2.45, 2.75) is 254 Å². The van der Waals surface area contributed by atoms with Crippen LogP contribution in [0.1, 0.15) is 217 Å². The number of aromatic nitrogens is 4. The van der Waals surface area contributed by atoms with E-state index in [1.54, 1.807) is 13.8 Å². The van der Waals surface area contributed by atoms with Crippen LogP contribution in [0, 0.1) is 46.1 Å². The number of imidazole rings is 2. The molecule has 620 valence electrons. The van der Waals surface area contributed by atoms with E-state index >= 15 is 0 Å². The zero-order valence-electron chi connectivity index (χ0n) is 65.3. The minimum atomic E-state index is -4.79. The fourth-order valence-corrected chi connectivity index (χ4v) is 19.9. The summed E-state index contributed by atoms with van der Waals surface area (Å²) in [6.45, 7) is 11.0. The number of hydrogen-bond donors (Lipinski definition) is 3. The maximum atomic E-state index is 14.7. The number of hydrogen-bond acceptors (Lipinski definition) is 15. The van der Waals surface area contributed by atoms with Gasteiger partial charge in [-0.05, 0) is 209 Å². The van der Waals surface area contributed by atoms with Crippen molar-refractivity contribution in [1.29, 1.82) is 0 Å². The third-order valence-corrected chi connectivity index (χ3v) is 28.9. The summed E-state index contributed by atoms with van der Waals surface area (Å²) >= 11 is 0. The number of carbonyl (C=O) groups excluding carboxylic acids is 6. The van der Waals surface area contributed by atoms with Crippen molar-refractivity contribution in [2.75, 3.05) is 20.2 Å². The molecule has 3 saturated heterocycles. The van der Waals surface area contributed by atoms with Gasteiger partial charge in [0.25, 0.3) is 12.0 Å². The van der Waals surface area contributed by atoms with Crippen LogP contribution in [-0.2, 0) is 74.0 Å². The van der Waals surface area contributed by atoms with Gasteiger partial charge >= 0.3 is 12.4 Å². The number of allylic oxidation sites excluding steroid dienone is 2. The van der Waals surface area contributed by atoms with Crippen LogP contribution in [0.25, 0.3) is 22.1 Å². The average Bonchev–Trinajstić information content (AvgIpc) is 1.56. The number of nitrogens with one attached hydrogen (secondary N) is 2. The SMILES string of the molecule is CC(C)n1c(O[C@@H]2C[C@H]3C(=O)C[C@]4(C(=O)NS(=O)(=O)C5(C)CC5)C[C@H]4/C=C\CCCCC[C@H](Cc4cc(F)cc(C(F)(F)F)c4)C(=O)N3C2)nc2ccccc21.CC(C)n1c(O[C@@H]2C[C@H]3C(=O)C[C@]4(C(=O)NS(=O)(=O)C5(C)CC5)C[C@H]4CCCCCCC[C@H](Cc4cc(F)cc(C(F)(F)F)c4)C(=O)N3C2)nc2ccccc21.CO. The number of benzene rings is 4. The largest absolute Gasteiger partial charge is 0.459 e. The first-order valence-electron chi connectivity index (χ1n) is 39.7. The number of fused-ring (bicyclic) bond motifs is 6. The number of alkyl halides is 6. The number of nitrogens with zero attached hydrogens (tertiary/aromatic N) is 6. The van der Waals surface area contributed by atoms with E-state index < -0.39 is 147 Å². The molecular formula is C83H102F8N8O13S2. The Morgan fingerprint density at radius 2 is 0.965 bits per heavy atom. The number of rotatable bonds is 16. The highest BCUT2D eigenvalue weighted by atomic mass is 32.2. The molecule has 0 bridgehead atoms. The highest BCUT2D eigenvalue weighted by Gasteiger charge is 2.65. The second-order valence-corrected chi connectivity index (χ2v) is 38.0. The number of para-hydroxylation sites is 4. The van der Waals surface area contributed by atoms with E-state index in [-0.39, 0.29) is 99.5 Å². The molecule has 3 N–H and O–H groups in total. The quantitative estimate of drug-likeness (QED) is 0.0600. The molecule has 0 unspecified atom stereocenters. The average molecular weight is 1640 g/mol. The molecule has 21 nitrogen and oxygen atoms in total. The van der Waals surface area contributed by atoms with E-state index in [0.29, 0.717) is 106 Å². The number of ether oxygens (including phenoxy) is 2. The number of carbonyl (C=O) groups is 6. The Hall–Kier alpha value is -8.32. The fraction of sp³-hybridized carbons (Fsp3) is 0.590. The van der Waals surface area contributed by atoms with Crippen molar-refractivity contribution in [1.82, 2.24) is 38.3 Å². The van der Waals surface area contributed by atoms with E-state index in [2.05, 4.69) is 9.44 Å². The molecule has 0 radical (unpaired) electrons. The Kier molecular flexibility index (Phi) is 24.9. The third kappa shape index (κ3) is 18.4. The van der Waals surface area contributed by atoms with Gasteiger partial charge in [0.1, 0.15) is 23.8 Å². The second-order valence-electron chi connectivity index (χ2n) is 33.6. The van der Waals surface area contributed by atoms with Crippen LogP contribution < -0.4 is 18.9 Å². The van der Waals surface area contributed by atoms with Gasteiger partial charge in [0.05, 0.1) is 78.7 Å². The summed E-state index contributed by atoms with van der Waals surface area (Å²) in [5, 5.41) is 7.00. The van der Waals surface area contributed by atoms with Gasteiger partial charge in [-0.2, -0.15) is 36.3 Å². The maximum absolute atomic E-state index is 14.7. The van der Waals surface area contributed by atoms with Gasteiger partial charge in [-0.25, -0.2) is 25.6 Å². The molecule has 4 amide bonds. The van der Waals surface area contributed by atoms with Crippen molar-refractivity contribution in [3.63, 3.8) is 0 Å². The Morgan fingerprint density at radius 3 is 1.39 bits per heavy atom. The molecule has 6 aromatic rings. The van der Waals surface area contributed by atoms with Crippen molar-refractivity contribution in [2.24, 2.45) is 34.5 Å². The molecule has 8 aliphatic rings. The van der Waals surface area contributed by atoms with Crippen LogP contribution >= 0.6 is 0 Å². The van der Waals surface area contributed by atoms with Crippen molar-refractivity contribution in [3.8, 4) is 12.0 Å². The third-order valence-electron chi connectivity index (χ3n) is 24.6. The van der Waals surface area contributed by atoms with E-state index in [1.807, 2.05) is 97.5 Å². The van der Waals surface area contributed by atoms with Gasteiger partial charge < -0.3 is 24.4 Å². The normalized spacial score (nSPS) is 27.0. The molecule has 2 aromatic heterocycles. The summed E-state index contributed by atoms with van der Waals surface area (Å²) in [6, 6.07) is 18.0. The summed E-state index contributed by atoms with van der Waals surface area (Å²) in [7, 11) is -6.98. The van der Waals surface area contributed by atoms with Crippen LogP contribution in [0.3, 0.4) is 0 Å². The zero-order valence-corrected chi connectivity index (χ0v) is 66.9. The standard InChI is InChI=1S/C41H50F4N4O6S.C41H48F4N4O6S.CH4O/c2*1-25(2)49-33-14-10-9-13-32(33)46-38(49)55-31-21-34-35(50)23-40(37(52)47-56(53,54)39(3)15-16-39)22-28(40)12-8-6-4-5-7-11-27(36(51)48(34)24-31)17-26-18-29(41(43,44)45)20-30(42)19-26;1-2/h9-10,13-14,18-20,25,27-28,31,34H,4-8,11-12,15-17,21-24H2,1-3H3,(H,47,52);8-10,12-14,18-20,25,27-28,31,34H,4-7,11,15-17,21-24H2,1-3H3,(H,47,52);2H,1H3/b;12-8-;/t2*27-,28-,31-,34+,40-;/m11./s1. The molecule has 4 aliphatic heterocycles. The lowest BCUT2D eigenvalue weighted by Gasteiger charge is -2.29. The Balaban J connectivity index is 0.000000206. The van der Waals surface area contributed by atoms with E-state index in [4.69, 9.17) is 24.5 Å². The number of ketones is 2. The monoisotopic (exact) mass is 1630 g/mol. The predicted octanol–water partition coefficient (Wildman–Crippen LogP) is 14.8. The van der Waals surface area contributed by atoms with E-state index in [1.165, 1.54) is 9.80 Å². The topological polar surface area (TPSA) is 276 Å². The second kappa shape index (κ2) is 33.4. The summed E-state index contributed by atoms with van der Waals surface area (Å²) in [4.78, 5) is 98.7. The molecule has 10 atom stereocenters. The van der Waals surface area contributed by atoms with Gasteiger partial charge in [-0.1, -0.05) is 81.4 Å². The smallest absolute Gasteiger partial charge is 0.416 e. The Morgan fingerprint density at radius 1 is 0.561 bits per heavy atom. The minimum Gasteiger partial charge on any atom is -0.459 e. The first kappa shape index (κ1) is 85.1. The lowest BCUT2D eigenvalue weighted by atomic mass is 9.89. The van der Waals surface area contributed by atoms with Crippen molar-refractivity contribution >= 4 is 77.3 Å². The number of sulfonamides is 2. The molecule has 6 heterocycles.